The third kappa shape index (κ3) is 19.5. The summed E-state index contributed by atoms with van der Waals surface area (Å²) in [5, 5.41) is 25.5. The van der Waals surface area contributed by atoms with Crippen LogP contribution in [-0.2, 0) is 46.4 Å². The fourth-order valence-electron chi connectivity index (χ4n) is 5.96. The number of nitrogens with one attached hydrogen (secondary N) is 7. The number of nitrogens with two attached hydrogens (primary N) is 4. The number of nitrogens with zero attached hydrogens (tertiary/aromatic N) is 2. The van der Waals surface area contributed by atoms with Gasteiger partial charge in [-0.3, -0.25) is 33.8 Å². The van der Waals surface area contributed by atoms with Crippen molar-refractivity contribution in [2.45, 2.75) is 101 Å². The van der Waals surface area contributed by atoms with Crippen LogP contribution in [0.2, 0.25) is 0 Å². The lowest BCUT2D eigenvalue weighted by atomic mass is 9.98. The van der Waals surface area contributed by atoms with Crippen LogP contribution in [0.25, 0.3) is 0 Å². The molecule has 16 N–H and O–H groups in total. The zero-order chi connectivity index (χ0) is 45.3. The number of H-pyrrole nitrogens is 1. The largest absolute Gasteiger partial charge is 0.480 e. The lowest BCUT2D eigenvalue weighted by Gasteiger charge is -2.27. The van der Waals surface area contributed by atoms with E-state index in [4.69, 9.17) is 22.9 Å². The molecule has 338 valence electrons. The molecular weight excluding hydrogens is 811 g/mol. The number of thioether (sulfide) groups is 1. The molecule has 0 saturated heterocycles. The molecule has 7 atom stereocenters. The number of aliphatic carboxylic acids is 1. The molecule has 0 bridgehead atoms. The van der Waals surface area contributed by atoms with Crippen molar-refractivity contribution in [3.63, 3.8) is 0 Å². The number of carbonyl (C=O) groups excluding carboxylic acids is 6. The first-order valence-electron chi connectivity index (χ1n) is 20.1. The van der Waals surface area contributed by atoms with Crippen LogP contribution < -0.4 is 54.8 Å². The van der Waals surface area contributed by atoms with Gasteiger partial charge < -0.3 is 64.9 Å². The molecular formula is C39H63N13O8S. The Bertz CT molecular complexity index is 1730. The lowest BCUT2D eigenvalue weighted by Crippen LogP contribution is -2.59. The number of hydrogen-bond donors (Lipinski definition) is 12. The Labute approximate surface area is 359 Å². The molecule has 0 radical (unpaired) electrons. The summed E-state index contributed by atoms with van der Waals surface area (Å²) in [6.07, 6.45) is 6.74. The van der Waals surface area contributed by atoms with Gasteiger partial charge in [0.15, 0.2) is 5.96 Å². The van der Waals surface area contributed by atoms with Gasteiger partial charge in [-0.2, -0.15) is 11.8 Å². The molecule has 0 saturated carbocycles. The number of aromatic amines is 1. The zero-order valence-electron chi connectivity index (χ0n) is 35.0. The van der Waals surface area contributed by atoms with Gasteiger partial charge in [-0.15, -0.1) is 0 Å². The summed E-state index contributed by atoms with van der Waals surface area (Å²) in [5.74, 6) is -5.79. The Balaban J connectivity index is 2.20. The fourth-order valence-corrected chi connectivity index (χ4v) is 6.53. The molecule has 0 aliphatic carbocycles. The molecule has 1 aromatic heterocycles. The number of carbonyl (C=O) groups is 7. The molecule has 0 unspecified atom stereocenters. The summed E-state index contributed by atoms with van der Waals surface area (Å²) < 4.78 is 0. The highest BCUT2D eigenvalue weighted by molar-refractivity contribution is 7.98. The minimum Gasteiger partial charge on any atom is -0.480 e. The molecule has 2 aromatic rings. The number of amides is 6. The maximum absolute atomic E-state index is 13.9. The lowest BCUT2D eigenvalue weighted by molar-refractivity contribution is -0.142. The number of carboxylic acids is 1. The summed E-state index contributed by atoms with van der Waals surface area (Å²) in [5.41, 5.74) is 23.8. The van der Waals surface area contributed by atoms with E-state index in [-0.39, 0.29) is 50.4 Å². The second-order valence-corrected chi connectivity index (χ2v) is 15.4. The van der Waals surface area contributed by atoms with Gasteiger partial charge in [0, 0.05) is 37.0 Å². The summed E-state index contributed by atoms with van der Waals surface area (Å²) >= 11 is 1.30. The number of unbranched alkanes of at least 4 members (excludes halogenated alkanes) is 1. The van der Waals surface area contributed by atoms with E-state index in [2.05, 4.69) is 46.9 Å². The molecule has 1 aromatic carbocycles. The predicted octanol–water partition coefficient (Wildman–Crippen LogP) is -2.26. The van der Waals surface area contributed by atoms with Gasteiger partial charge in [0.2, 0.25) is 35.4 Å². The van der Waals surface area contributed by atoms with Gasteiger partial charge in [0.05, 0.1) is 18.9 Å². The number of carboxylic acid groups (broad SMARTS) is 1. The van der Waals surface area contributed by atoms with Crippen molar-refractivity contribution in [3.8, 4) is 0 Å². The van der Waals surface area contributed by atoms with Crippen molar-refractivity contribution in [1.82, 2.24) is 41.9 Å². The van der Waals surface area contributed by atoms with Crippen LogP contribution in [0.3, 0.4) is 0 Å². The number of benzene rings is 1. The third-order valence-corrected chi connectivity index (χ3v) is 10.3. The summed E-state index contributed by atoms with van der Waals surface area (Å²) in [6, 6.07) is 1.93. The molecule has 21 nitrogen and oxygen atoms in total. The standard InChI is InChI=1S/C39H63N13O8S/c1-4-23(2)32(52-36(57)30(21-61-3)51-33(54)26(41)18-25-19-44-22-47-25)37(58)46-20-31(53)48-27(14-10-16-45-39(42)43)34(55)50-29(17-24-11-6-5-7-12-24)35(56)49-28(38(59)60)13-8-9-15-40/h5-7,11-12,19,22-23,26-30,32H,4,8-10,13-18,20-21,40-41H2,1-3H3,(H,44,47)(H,46,58)(H,48,53)(H,49,56)(H,50,55)(H,51,54)(H,52,57)(H,59,60)(H4,42,43,45)/t23-,26-,27-,28-,29-,30-,32-/m0/s1. The van der Waals surface area contributed by atoms with Gasteiger partial charge >= 0.3 is 5.97 Å². The quantitative estimate of drug-likeness (QED) is 0.0233. The maximum atomic E-state index is 13.9. The number of imidazole rings is 1. The van der Waals surface area contributed by atoms with Crippen molar-refractivity contribution in [1.29, 1.82) is 0 Å². The van der Waals surface area contributed by atoms with Crippen LogP contribution in [0.1, 0.15) is 63.6 Å². The van der Waals surface area contributed by atoms with Crippen molar-refractivity contribution < 1.29 is 38.7 Å². The predicted molar refractivity (Wildman–Crippen MR) is 231 cm³/mol. The Morgan fingerprint density at radius 3 is 2.07 bits per heavy atom. The highest BCUT2D eigenvalue weighted by Crippen LogP contribution is 2.11. The van der Waals surface area contributed by atoms with Crippen molar-refractivity contribution >= 4 is 59.1 Å². The average molecular weight is 874 g/mol. The van der Waals surface area contributed by atoms with Crippen LogP contribution in [0.5, 0.6) is 0 Å². The molecule has 22 heteroatoms. The number of aliphatic imine (C=N–C) groups is 1. The van der Waals surface area contributed by atoms with Crippen molar-refractivity contribution in [3.05, 3.63) is 54.1 Å². The van der Waals surface area contributed by atoms with E-state index in [1.54, 1.807) is 43.5 Å². The first kappa shape index (κ1) is 51.4. The SMILES string of the molecule is CC[C@H](C)[C@H](NC(=O)[C@H](CSC)NC(=O)[C@@H](N)Cc1cnc[nH]1)C(=O)NCC(=O)N[C@@H](CCCN=C(N)N)C(=O)N[C@@H](Cc1ccccc1)C(=O)N[C@@H](CCCCN)C(=O)O. The Hall–Kier alpha value is -5.74. The van der Waals surface area contributed by atoms with Crippen molar-refractivity contribution in [2.75, 3.05) is 31.6 Å². The minimum absolute atomic E-state index is 0.000462. The zero-order valence-corrected chi connectivity index (χ0v) is 35.8. The van der Waals surface area contributed by atoms with E-state index in [1.165, 1.54) is 24.3 Å². The second kappa shape index (κ2) is 27.9. The van der Waals surface area contributed by atoms with Gasteiger partial charge in [0.25, 0.3) is 0 Å². The average Bonchev–Trinajstić information content (AvgIpc) is 3.75. The van der Waals surface area contributed by atoms with Gasteiger partial charge in [0.1, 0.15) is 30.2 Å². The summed E-state index contributed by atoms with van der Waals surface area (Å²) in [4.78, 5) is 103. The Morgan fingerprint density at radius 2 is 1.46 bits per heavy atom. The molecule has 0 aliphatic heterocycles. The number of guanidine groups is 1. The molecule has 0 aliphatic rings. The highest BCUT2D eigenvalue weighted by Gasteiger charge is 2.32. The first-order valence-corrected chi connectivity index (χ1v) is 21.5. The minimum atomic E-state index is -1.25. The molecule has 0 spiro atoms. The van der Waals surface area contributed by atoms with Crippen LogP contribution in [-0.4, -0.2) is 130 Å². The molecule has 2 rings (SSSR count). The molecule has 61 heavy (non-hydrogen) atoms. The Kier molecular flexibility index (Phi) is 23.5. The van der Waals surface area contributed by atoms with Gasteiger partial charge in [-0.25, -0.2) is 9.78 Å². The third-order valence-electron chi connectivity index (χ3n) is 9.59. The van der Waals surface area contributed by atoms with Gasteiger partial charge in [-0.1, -0.05) is 50.6 Å². The summed E-state index contributed by atoms with van der Waals surface area (Å²) in [7, 11) is 0. The van der Waals surface area contributed by atoms with Crippen LogP contribution in [0.15, 0.2) is 47.8 Å². The highest BCUT2D eigenvalue weighted by atomic mass is 32.2. The van der Waals surface area contributed by atoms with E-state index in [0.717, 1.165) is 0 Å². The van der Waals surface area contributed by atoms with Crippen LogP contribution >= 0.6 is 11.8 Å². The molecule has 0 fully saturated rings. The monoisotopic (exact) mass is 873 g/mol. The van der Waals surface area contributed by atoms with Gasteiger partial charge in [-0.05, 0) is 56.4 Å². The number of hydrogen-bond acceptors (Lipinski definition) is 12. The van der Waals surface area contributed by atoms with E-state index < -0.39 is 90.1 Å². The van der Waals surface area contributed by atoms with E-state index >= 15 is 0 Å². The topological polar surface area (TPSA) is 357 Å². The van der Waals surface area contributed by atoms with Crippen LogP contribution in [0.4, 0.5) is 0 Å². The fraction of sp³-hybridized carbons (Fsp3) is 0.564. The van der Waals surface area contributed by atoms with Crippen LogP contribution in [0, 0.1) is 5.92 Å². The second-order valence-electron chi connectivity index (χ2n) is 14.5. The molecule has 1 heterocycles. The van der Waals surface area contributed by atoms with E-state index in [1.807, 2.05) is 6.92 Å². The smallest absolute Gasteiger partial charge is 0.326 e. The Morgan fingerprint density at radius 1 is 0.820 bits per heavy atom. The van der Waals surface area contributed by atoms with Crippen molar-refractivity contribution in [2.24, 2.45) is 33.8 Å². The number of rotatable bonds is 29. The van der Waals surface area contributed by atoms with E-state index in [0.29, 0.717) is 37.1 Å². The summed E-state index contributed by atoms with van der Waals surface area (Å²) in [6.45, 7) is 3.43. The first-order chi connectivity index (χ1) is 29.1. The number of aromatic nitrogens is 2. The normalized spacial score (nSPS) is 14.4. The maximum Gasteiger partial charge on any atom is 0.326 e. The van der Waals surface area contributed by atoms with E-state index in [9.17, 15) is 38.7 Å². The molecule has 6 amide bonds.